The number of piperazine rings is 1. The lowest BCUT2D eigenvalue weighted by Gasteiger charge is -2.40. The second-order valence-corrected chi connectivity index (χ2v) is 7.50. The van der Waals surface area contributed by atoms with Gasteiger partial charge in [-0.25, -0.2) is 5.01 Å². The van der Waals surface area contributed by atoms with Crippen LogP contribution in [-0.2, 0) is 22.6 Å². The number of carbonyl (C=O) groups is 2. The monoisotopic (exact) mass is 364 g/mol. The minimum Gasteiger partial charge on any atom is -0.357 e. The van der Waals surface area contributed by atoms with Gasteiger partial charge in [0.1, 0.15) is 12.6 Å². The van der Waals surface area contributed by atoms with E-state index in [1.165, 1.54) is 5.01 Å². The maximum atomic E-state index is 12.9. The fourth-order valence-electron chi connectivity index (χ4n) is 3.75. The van der Waals surface area contributed by atoms with Crippen LogP contribution >= 0.6 is 11.3 Å². The largest absolute Gasteiger partial charge is 0.357 e. The Morgan fingerprint density at radius 1 is 1.15 bits per heavy atom. The lowest BCUT2D eigenvalue weighted by molar-refractivity contribution is -0.157. The van der Waals surface area contributed by atoms with Gasteiger partial charge in [0.2, 0.25) is 5.91 Å². The molecule has 2 aromatic heterocycles. The van der Waals surface area contributed by atoms with Crippen LogP contribution in [0.5, 0.6) is 0 Å². The Kier molecular flexibility index (Phi) is 3.43. The van der Waals surface area contributed by atoms with E-state index in [1.54, 1.807) is 22.5 Å². The molecule has 1 N–H and O–H groups in total. The van der Waals surface area contributed by atoms with Crippen LogP contribution in [0.3, 0.4) is 0 Å². The zero-order valence-corrected chi connectivity index (χ0v) is 14.7. The summed E-state index contributed by atoms with van der Waals surface area (Å²) in [6.07, 6.45) is 2.17. The highest BCUT2D eigenvalue weighted by Gasteiger charge is 2.43. The number of hydrogen-bond acceptors (Lipinski definition) is 4. The van der Waals surface area contributed by atoms with Crippen LogP contribution in [0.1, 0.15) is 16.1 Å². The van der Waals surface area contributed by atoms with Crippen molar-refractivity contribution in [2.75, 3.05) is 6.54 Å². The summed E-state index contributed by atoms with van der Waals surface area (Å²) in [5.74, 6) is -0.185. The first kappa shape index (κ1) is 15.3. The second-order valence-electron chi connectivity index (χ2n) is 6.53. The minimum absolute atomic E-state index is 0.00717. The van der Waals surface area contributed by atoms with Crippen LogP contribution in [0.4, 0.5) is 0 Å². The molecule has 2 aliphatic heterocycles. The standard InChI is InChI=1S/C19H16N4O2S/c24-18-11-23(20-9-12-4-3-7-26-12)19(25)17-8-14-13-5-1-2-6-15(13)21-16(14)10-22(17)18/h1-7,9,17,21H,8,10-11H2/t17-/m1/s1. The normalized spacial score (nSPS) is 20.1. The Labute approximate surface area is 153 Å². The summed E-state index contributed by atoms with van der Waals surface area (Å²) in [7, 11) is 0. The molecule has 3 aromatic rings. The average Bonchev–Trinajstić information content (AvgIpc) is 3.29. The number of fused-ring (bicyclic) bond motifs is 4. The molecule has 0 radical (unpaired) electrons. The SMILES string of the molecule is O=C1[C@H]2Cc3c([nH]c4ccccc34)CN2C(=O)CN1N=Cc1cccs1. The van der Waals surface area contributed by atoms with E-state index in [4.69, 9.17) is 0 Å². The van der Waals surface area contributed by atoms with Crippen LogP contribution in [0.15, 0.2) is 46.9 Å². The summed E-state index contributed by atoms with van der Waals surface area (Å²) in [5.41, 5.74) is 3.20. The minimum atomic E-state index is -0.483. The summed E-state index contributed by atoms with van der Waals surface area (Å²) < 4.78 is 0. The van der Waals surface area contributed by atoms with Crippen molar-refractivity contribution in [2.24, 2.45) is 5.10 Å². The van der Waals surface area contributed by atoms with E-state index < -0.39 is 6.04 Å². The van der Waals surface area contributed by atoms with Crippen molar-refractivity contribution in [1.82, 2.24) is 14.9 Å². The highest BCUT2D eigenvalue weighted by molar-refractivity contribution is 7.11. The molecule has 6 nitrogen and oxygen atoms in total. The summed E-state index contributed by atoms with van der Waals surface area (Å²) in [6.45, 7) is 0.439. The molecule has 0 bridgehead atoms. The lowest BCUT2D eigenvalue weighted by Crippen LogP contribution is -2.60. The van der Waals surface area contributed by atoms with Gasteiger partial charge < -0.3 is 9.88 Å². The molecule has 0 saturated carbocycles. The van der Waals surface area contributed by atoms with E-state index in [0.29, 0.717) is 13.0 Å². The fraction of sp³-hybridized carbons (Fsp3) is 0.211. The smallest absolute Gasteiger partial charge is 0.266 e. The highest BCUT2D eigenvalue weighted by Crippen LogP contribution is 2.32. The van der Waals surface area contributed by atoms with E-state index in [-0.39, 0.29) is 18.4 Å². The van der Waals surface area contributed by atoms with Crippen molar-refractivity contribution in [3.05, 3.63) is 57.9 Å². The van der Waals surface area contributed by atoms with Crippen molar-refractivity contribution in [1.29, 1.82) is 0 Å². The van der Waals surface area contributed by atoms with Crippen molar-refractivity contribution in [3.63, 3.8) is 0 Å². The van der Waals surface area contributed by atoms with Gasteiger partial charge in [-0.1, -0.05) is 24.3 Å². The number of rotatable bonds is 2. The molecule has 2 aliphatic rings. The van der Waals surface area contributed by atoms with Crippen molar-refractivity contribution >= 4 is 40.3 Å². The number of aromatic amines is 1. The Balaban J connectivity index is 1.48. The number of nitrogens with one attached hydrogen (secondary N) is 1. The number of H-pyrrole nitrogens is 1. The molecular weight excluding hydrogens is 348 g/mol. The predicted molar refractivity (Wildman–Crippen MR) is 100.0 cm³/mol. The number of hydrazone groups is 1. The number of para-hydroxylation sites is 1. The summed E-state index contributed by atoms with van der Waals surface area (Å²) >= 11 is 1.54. The second kappa shape index (κ2) is 5.81. The Morgan fingerprint density at radius 3 is 2.88 bits per heavy atom. The first-order valence-electron chi connectivity index (χ1n) is 8.47. The maximum absolute atomic E-state index is 12.9. The molecule has 2 amide bonds. The molecular formula is C19H16N4O2S. The topological polar surface area (TPSA) is 68.8 Å². The lowest BCUT2D eigenvalue weighted by atomic mass is 9.94. The van der Waals surface area contributed by atoms with Crippen LogP contribution in [0.25, 0.3) is 10.9 Å². The van der Waals surface area contributed by atoms with E-state index in [0.717, 1.165) is 27.0 Å². The predicted octanol–water partition coefficient (Wildman–Crippen LogP) is 2.36. The first-order chi connectivity index (χ1) is 12.7. The third kappa shape index (κ3) is 2.35. The quantitative estimate of drug-likeness (QED) is 0.709. The van der Waals surface area contributed by atoms with E-state index >= 15 is 0 Å². The molecule has 130 valence electrons. The molecule has 5 rings (SSSR count). The zero-order valence-electron chi connectivity index (χ0n) is 13.9. The number of aromatic nitrogens is 1. The van der Waals surface area contributed by atoms with Gasteiger partial charge in [-0.05, 0) is 23.1 Å². The molecule has 1 saturated heterocycles. The van der Waals surface area contributed by atoms with Crippen molar-refractivity contribution in [3.8, 4) is 0 Å². The Bertz CT molecular complexity index is 1040. The van der Waals surface area contributed by atoms with E-state index in [2.05, 4.69) is 16.2 Å². The number of benzene rings is 1. The zero-order chi connectivity index (χ0) is 17.7. The van der Waals surface area contributed by atoms with Gasteiger partial charge in [-0.2, -0.15) is 5.10 Å². The molecule has 1 fully saturated rings. The van der Waals surface area contributed by atoms with Gasteiger partial charge in [-0.15, -0.1) is 11.3 Å². The van der Waals surface area contributed by atoms with Crippen LogP contribution in [0, 0.1) is 0 Å². The fourth-order valence-corrected chi connectivity index (χ4v) is 4.33. The molecule has 0 aliphatic carbocycles. The van der Waals surface area contributed by atoms with Crippen molar-refractivity contribution < 1.29 is 9.59 Å². The van der Waals surface area contributed by atoms with Gasteiger partial charge in [0, 0.05) is 27.9 Å². The number of thiophene rings is 1. The van der Waals surface area contributed by atoms with E-state index in [9.17, 15) is 9.59 Å². The first-order valence-corrected chi connectivity index (χ1v) is 9.35. The molecule has 4 heterocycles. The third-order valence-electron chi connectivity index (χ3n) is 5.02. The molecule has 7 heteroatoms. The number of carbonyl (C=O) groups excluding carboxylic acids is 2. The van der Waals surface area contributed by atoms with Gasteiger partial charge >= 0.3 is 0 Å². The van der Waals surface area contributed by atoms with Crippen molar-refractivity contribution in [2.45, 2.75) is 19.0 Å². The third-order valence-corrected chi connectivity index (χ3v) is 5.82. The van der Waals surface area contributed by atoms with Crippen LogP contribution < -0.4 is 0 Å². The van der Waals surface area contributed by atoms with Gasteiger partial charge in [-0.3, -0.25) is 9.59 Å². The maximum Gasteiger partial charge on any atom is 0.266 e. The summed E-state index contributed by atoms with van der Waals surface area (Å²) in [4.78, 5) is 31.6. The number of amides is 2. The van der Waals surface area contributed by atoms with E-state index in [1.807, 2.05) is 35.7 Å². The molecule has 0 unspecified atom stereocenters. The molecule has 1 atom stereocenters. The molecule has 26 heavy (non-hydrogen) atoms. The van der Waals surface area contributed by atoms with Gasteiger partial charge in [0.25, 0.3) is 5.91 Å². The van der Waals surface area contributed by atoms with Crippen LogP contribution in [-0.4, -0.2) is 45.5 Å². The highest BCUT2D eigenvalue weighted by atomic mass is 32.1. The summed E-state index contributed by atoms with van der Waals surface area (Å²) in [6, 6.07) is 11.4. The number of nitrogens with zero attached hydrogens (tertiary/aromatic N) is 3. The van der Waals surface area contributed by atoms with Crippen LogP contribution in [0.2, 0.25) is 0 Å². The Morgan fingerprint density at radius 2 is 2.04 bits per heavy atom. The van der Waals surface area contributed by atoms with Gasteiger partial charge in [0.15, 0.2) is 0 Å². The molecule has 0 spiro atoms. The molecule has 1 aromatic carbocycles. The van der Waals surface area contributed by atoms with Gasteiger partial charge in [0.05, 0.1) is 12.8 Å². The average molecular weight is 364 g/mol. The number of hydrogen-bond donors (Lipinski definition) is 1. The Hall–Kier alpha value is -2.93. The summed E-state index contributed by atoms with van der Waals surface area (Å²) in [5, 5.41) is 8.65.